The van der Waals surface area contributed by atoms with Crippen LogP contribution in [0.25, 0.3) is 17.0 Å². The average molecular weight is 433 g/mol. The smallest absolute Gasteiger partial charge is 0.314 e. The van der Waals surface area contributed by atoms with Crippen LogP contribution in [0.15, 0.2) is 42.7 Å². The minimum absolute atomic E-state index is 0.285. The first kappa shape index (κ1) is 21.5. The van der Waals surface area contributed by atoms with Crippen molar-refractivity contribution < 1.29 is 9.53 Å². The molecule has 1 N–H and O–H groups in total. The largest absolute Gasteiger partial charge is 0.465 e. The van der Waals surface area contributed by atoms with E-state index in [0.29, 0.717) is 18.8 Å². The molecule has 0 fully saturated rings. The summed E-state index contributed by atoms with van der Waals surface area (Å²) in [6.45, 7) is 8.49. The summed E-state index contributed by atoms with van der Waals surface area (Å²) in [5.74, 6) is 0.940. The SMILES string of the molecule is CCOC(=O)C(C)c1cc(NCc2cccc(-c3nccn3C)c2)n2nc(C)c(C)c2n1. The predicted octanol–water partition coefficient (Wildman–Crippen LogP) is 4.03. The third kappa shape index (κ3) is 4.08. The molecular formula is C24H28N6O2. The van der Waals surface area contributed by atoms with Crippen molar-refractivity contribution in [3.8, 4) is 11.4 Å². The summed E-state index contributed by atoms with van der Waals surface area (Å²) in [7, 11) is 1.98. The summed E-state index contributed by atoms with van der Waals surface area (Å²) in [6, 6.07) is 10.1. The van der Waals surface area contributed by atoms with Crippen LogP contribution in [-0.2, 0) is 23.1 Å². The van der Waals surface area contributed by atoms with Gasteiger partial charge in [0.15, 0.2) is 5.65 Å². The van der Waals surface area contributed by atoms with Crippen LogP contribution in [0.2, 0.25) is 0 Å². The molecule has 0 bridgehead atoms. The third-order valence-corrected chi connectivity index (χ3v) is 5.64. The first-order valence-corrected chi connectivity index (χ1v) is 10.7. The van der Waals surface area contributed by atoms with E-state index in [-0.39, 0.29) is 5.97 Å². The molecule has 0 saturated heterocycles. The van der Waals surface area contributed by atoms with E-state index in [1.54, 1.807) is 17.6 Å². The number of nitrogens with one attached hydrogen (secondary N) is 1. The van der Waals surface area contributed by atoms with Crippen molar-refractivity contribution in [1.82, 2.24) is 24.1 Å². The Labute approximate surface area is 187 Å². The molecule has 1 unspecified atom stereocenters. The Bertz CT molecular complexity index is 1270. The molecule has 3 aromatic heterocycles. The number of benzene rings is 1. The molecule has 0 saturated carbocycles. The Morgan fingerprint density at radius 2 is 2.06 bits per heavy atom. The zero-order valence-corrected chi connectivity index (χ0v) is 19.1. The number of aryl methyl sites for hydroxylation is 3. The van der Waals surface area contributed by atoms with Crippen molar-refractivity contribution in [3.63, 3.8) is 0 Å². The summed E-state index contributed by atoms with van der Waals surface area (Å²) >= 11 is 0. The molecular weight excluding hydrogens is 404 g/mol. The molecule has 0 aliphatic heterocycles. The van der Waals surface area contributed by atoms with Crippen LogP contribution in [0.4, 0.5) is 5.82 Å². The first-order chi connectivity index (χ1) is 15.4. The fourth-order valence-corrected chi connectivity index (χ4v) is 3.64. The minimum atomic E-state index is -0.471. The molecule has 0 aliphatic rings. The number of hydrogen-bond acceptors (Lipinski definition) is 6. The van der Waals surface area contributed by atoms with Gasteiger partial charge in [0.1, 0.15) is 11.6 Å². The van der Waals surface area contributed by atoms with Gasteiger partial charge in [-0.1, -0.05) is 18.2 Å². The Balaban J connectivity index is 1.66. The van der Waals surface area contributed by atoms with Crippen LogP contribution in [0.1, 0.15) is 42.3 Å². The van der Waals surface area contributed by atoms with Gasteiger partial charge in [-0.05, 0) is 39.3 Å². The number of hydrogen-bond donors (Lipinski definition) is 1. The van der Waals surface area contributed by atoms with Crippen molar-refractivity contribution in [1.29, 1.82) is 0 Å². The lowest BCUT2D eigenvalue weighted by Crippen LogP contribution is -2.16. The van der Waals surface area contributed by atoms with E-state index in [4.69, 9.17) is 9.72 Å². The molecule has 8 heteroatoms. The number of aromatic nitrogens is 5. The van der Waals surface area contributed by atoms with Gasteiger partial charge in [0.25, 0.3) is 0 Å². The van der Waals surface area contributed by atoms with Crippen LogP contribution in [0, 0.1) is 13.8 Å². The number of nitrogens with zero attached hydrogens (tertiary/aromatic N) is 5. The second-order valence-electron chi connectivity index (χ2n) is 7.90. The summed E-state index contributed by atoms with van der Waals surface area (Å²) < 4.78 is 9.00. The number of fused-ring (bicyclic) bond motifs is 1. The fraction of sp³-hybridized carbons (Fsp3) is 0.333. The zero-order chi connectivity index (χ0) is 22.8. The van der Waals surface area contributed by atoms with Gasteiger partial charge in [-0.15, -0.1) is 0 Å². The number of anilines is 1. The summed E-state index contributed by atoms with van der Waals surface area (Å²) in [6.07, 6.45) is 3.73. The number of rotatable bonds is 7. The Hall–Kier alpha value is -3.68. The molecule has 166 valence electrons. The number of carbonyl (C=O) groups is 1. The van der Waals surface area contributed by atoms with Crippen LogP contribution >= 0.6 is 0 Å². The molecule has 0 spiro atoms. The van der Waals surface area contributed by atoms with Crippen molar-refractivity contribution in [2.24, 2.45) is 7.05 Å². The lowest BCUT2D eigenvalue weighted by atomic mass is 10.1. The molecule has 3 heterocycles. The lowest BCUT2D eigenvalue weighted by Gasteiger charge is -2.14. The van der Waals surface area contributed by atoms with Gasteiger partial charge in [0.2, 0.25) is 0 Å². The van der Waals surface area contributed by atoms with Crippen molar-refractivity contribution in [2.45, 2.75) is 40.2 Å². The Morgan fingerprint density at radius 3 is 2.78 bits per heavy atom. The van der Waals surface area contributed by atoms with Gasteiger partial charge < -0.3 is 14.6 Å². The van der Waals surface area contributed by atoms with Gasteiger partial charge in [-0.25, -0.2) is 9.97 Å². The van der Waals surface area contributed by atoms with E-state index < -0.39 is 5.92 Å². The van der Waals surface area contributed by atoms with Gasteiger partial charge in [0.05, 0.1) is 23.9 Å². The topological polar surface area (TPSA) is 86.3 Å². The maximum absolute atomic E-state index is 12.3. The second-order valence-corrected chi connectivity index (χ2v) is 7.90. The number of esters is 1. The zero-order valence-electron chi connectivity index (χ0n) is 19.1. The van der Waals surface area contributed by atoms with E-state index in [1.165, 1.54) is 0 Å². The van der Waals surface area contributed by atoms with E-state index in [9.17, 15) is 4.79 Å². The molecule has 4 aromatic rings. The number of ether oxygens (including phenoxy) is 1. The monoisotopic (exact) mass is 432 g/mol. The standard InChI is InChI=1S/C24H28N6O2/c1-6-32-24(31)16(3)20-13-21(30-22(27-20)15(2)17(4)28-30)26-14-18-8-7-9-19(12-18)23-25-10-11-29(23)5/h7-13,16,26H,6,14H2,1-5H3. The normalized spacial score (nSPS) is 12.2. The Morgan fingerprint density at radius 1 is 1.25 bits per heavy atom. The summed E-state index contributed by atoms with van der Waals surface area (Å²) in [4.78, 5) is 21.5. The maximum atomic E-state index is 12.3. The Kier molecular flexibility index (Phi) is 5.94. The van der Waals surface area contributed by atoms with Crippen LogP contribution < -0.4 is 5.32 Å². The lowest BCUT2D eigenvalue weighted by molar-refractivity contribution is -0.144. The van der Waals surface area contributed by atoms with Crippen molar-refractivity contribution >= 4 is 17.4 Å². The number of carbonyl (C=O) groups excluding carboxylic acids is 1. The minimum Gasteiger partial charge on any atom is -0.465 e. The molecule has 1 atom stereocenters. The molecule has 0 amide bonds. The molecule has 32 heavy (non-hydrogen) atoms. The highest BCUT2D eigenvalue weighted by molar-refractivity contribution is 5.77. The molecule has 1 aromatic carbocycles. The molecule has 4 rings (SSSR count). The molecule has 8 nitrogen and oxygen atoms in total. The molecule has 0 aliphatic carbocycles. The van der Waals surface area contributed by atoms with Crippen LogP contribution in [0.3, 0.4) is 0 Å². The van der Waals surface area contributed by atoms with Gasteiger partial charge >= 0.3 is 5.97 Å². The van der Waals surface area contributed by atoms with Crippen LogP contribution in [0.5, 0.6) is 0 Å². The molecule has 0 radical (unpaired) electrons. The predicted molar refractivity (Wildman–Crippen MR) is 123 cm³/mol. The second kappa shape index (κ2) is 8.82. The summed E-state index contributed by atoms with van der Waals surface area (Å²) in [5, 5.41) is 8.12. The van der Waals surface area contributed by atoms with Gasteiger partial charge in [0, 0.05) is 43.2 Å². The fourth-order valence-electron chi connectivity index (χ4n) is 3.64. The van der Waals surface area contributed by atoms with Crippen molar-refractivity contribution in [3.05, 3.63) is 65.2 Å². The highest BCUT2D eigenvalue weighted by Gasteiger charge is 2.21. The van der Waals surface area contributed by atoms with Crippen molar-refractivity contribution in [2.75, 3.05) is 11.9 Å². The highest BCUT2D eigenvalue weighted by atomic mass is 16.5. The van der Waals surface area contributed by atoms with E-state index >= 15 is 0 Å². The summed E-state index contributed by atoms with van der Waals surface area (Å²) in [5.41, 5.74) is 5.44. The average Bonchev–Trinajstić information content (AvgIpc) is 3.35. The van der Waals surface area contributed by atoms with Gasteiger partial charge in [-0.2, -0.15) is 9.61 Å². The third-order valence-electron chi connectivity index (χ3n) is 5.64. The first-order valence-electron chi connectivity index (χ1n) is 10.7. The van der Waals surface area contributed by atoms with E-state index in [1.807, 2.05) is 50.7 Å². The number of imidazole rings is 1. The quantitative estimate of drug-likeness (QED) is 0.444. The van der Waals surface area contributed by atoms with Gasteiger partial charge in [-0.3, -0.25) is 4.79 Å². The van der Waals surface area contributed by atoms with Crippen LogP contribution in [-0.4, -0.2) is 36.7 Å². The highest BCUT2D eigenvalue weighted by Crippen LogP contribution is 2.24. The van der Waals surface area contributed by atoms with E-state index in [0.717, 1.165) is 39.7 Å². The maximum Gasteiger partial charge on any atom is 0.314 e. The van der Waals surface area contributed by atoms with E-state index in [2.05, 4.69) is 33.6 Å².